The first-order chi connectivity index (χ1) is 11.6. The van der Waals surface area contributed by atoms with Crippen molar-refractivity contribution in [1.82, 2.24) is 5.32 Å². The zero-order chi connectivity index (χ0) is 17.4. The highest BCUT2D eigenvalue weighted by atomic mass is 35.5. The van der Waals surface area contributed by atoms with E-state index in [0.29, 0.717) is 23.2 Å². The Kier molecular flexibility index (Phi) is 7.76. The van der Waals surface area contributed by atoms with E-state index < -0.39 is 0 Å². The zero-order valence-electron chi connectivity index (χ0n) is 13.3. The van der Waals surface area contributed by atoms with Crippen molar-refractivity contribution in [2.75, 3.05) is 13.2 Å². The van der Waals surface area contributed by atoms with Crippen LogP contribution in [0, 0.1) is 0 Å². The van der Waals surface area contributed by atoms with E-state index in [4.69, 9.17) is 27.9 Å². The summed E-state index contributed by atoms with van der Waals surface area (Å²) in [7, 11) is 0. The van der Waals surface area contributed by atoms with Gasteiger partial charge in [-0.15, -0.1) is 11.8 Å². The summed E-state index contributed by atoms with van der Waals surface area (Å²) in [5.41, 5.74) is 0. The molecule has 0 saturated heterocycles. The number of carbonyl (C=O) groups is 1. The molecule has 2 rings (SSSR count). The molecule has 0 aliphatic carbocycles. The highest BCUT2D eigenvalue weighted by Gasteiger charge is 2.17. The van der Waals surface area contributed by atoms with E-state index in [1.807, 2.05) is 31.2 Å². The minimum absolute atomic E-state index is 0.0113. The van der Waals surface area contributed by atoms with E-state index in [2.05, 4.69) is 5.32 Å². The lowest BCUT2D eigenvalue weighted by Gasteiger charge is -2.15. The second kappa shape index (κ2) is 9.82. The molecule has 1 amide bonds. The lowest BCUT2D eigenvalue weighted by Crippen LogP contribution is -2.35. The fourth-order valence-electron chi connectivity index (χ4n) is 1.99. The van der Waals surface area contributed by atoms with Crippen LogP contribution < -0.4 is 10.1 Å². The fourth-order valence-corrected chi connectivity index (χ4v) is 3.22. The second-order valence-electron chi connectivity index (χ2n) is 5.06. The molecule has 1 atom stereocenters. The lowest BCUT2D eigenvalue weighted by molar-refractivity contribution is -0.120. The van der Waals surface area contributed by atoms with Crippen LogP contribution in [0.5, 0.6) is 5.75 Å². The summed E-state index contributed by atoms with van der Waals surface area (Å²) in [6.45, 7) is 2.87. The standard InChI is InChI=1S/C18H19Cl2NO2S/c1-2-17(24-16-9-5-14(20)6-10-16)18(22)21-11-12-23-15-7-3-13(19)4-8-15/h3-10,17H,2,11-12H2,1H3,(H,21,22). The summed E-state index contributed by atoms with van der Waals surface area (Å²) < 4.78 is 5.56. The Morgan fingerprint density at radius 3 is 2.25 bits per heavy atom. The molecule has 6 heteroatoms. The van der Waals surface area contributed by atoms with Gasteiger partial charge in [-0.05, 0) is 55.0 Å². The number of amides is 1. The van der Waals surface area contributed by atoms with Gasteiger partial charge < -0.3 is 10.1 Å². The number of nitrogens with one attached hydrogen (secondary N) is 1. The van der Waals surface area contributed by atoms with E-state index in [9.17, 15) is 4.79 Å². The third kappa shape index (κ3) is 6.27. The molecule has 1 unspecified atom stereocenters. The highest BCUT2D eigenvalue weighted by Crippen LogP contribution is 2.26. The molecule has 128 valence electrons. The number of rotatable bonds is 8. The van der Waals surface area contributed by atoms with E-state index in [0.717, 1.165) is 17.1 Å². The molecule has 2 aromatic carbocycles. The largest absolute Gasteiger partial charge is 0.492 e. The van der Waals surface area contributed by atoms with Crippen molar-refractivity contribution >= 4 is 40.9 Å². The minimum atomic E-state index is -0.137. The molecule has 0 aliphatic rings. The van der Waals surface area contributed by atoms with Gasteiger partial charge in [-0.1, -0.05) is 30.1 Å². The Morgan fingerprint density at radius 1 is 1.08 bits per heavy atom. The predicted octanol–water partition coefficient (Wildman–Crippen LogP) is 5.06. The normalized spacial score (nSPS) is 11.8. The van der Waals surface area contributed by atoms with Crippen LogP contribution in [-0.4, -0.2) is 24.3 Å². The third-order valence-electron chi connectivity index (χ3n) is 3.24. The van der Waals surface area contributed by atoms with Crippen LogP contribution in [0.2, 0.25) is 10.0 Å². The van der Waals surface area contributed by atoms with Crippen LogP contribution >= 0.6 is 35.0 Å². The van der Waals surface area contributed by atoms with Crippen LogP contribution in [0.1, 0.15) is 13.3 Å². The smallest absolute Gasteiger partial charge is 0.233 e. The molecular formula is C18H19Cl2NO2S. The van der Waals surface area contributed by atoms with Crippen molar-refractivity contribution in [2.24, 2.45) is 0 Å². The molecular weight excluding hydrogens is 365 g/mol. The van der Waals surface area contributed by atoms with E-state index in [1.165, 1.54) is 11.8 Å². The van der Waals surface area contributed by atoms with Crippen molar-refractivity contribution in [2.45, 2.75) is 23.5 Å². The SMILES string of the molecule is CCC(Sc1ccc(Cl)cc1)C(=O)NCCOc1ccc(Cl)cc1. The van der Waals surface area contributed by atoms with Crippen LogP contribution in [0.3, 0.4) is 0 Å². The maximum atomic E-state index is 12.3. The van der Waals surface area contributed by atoms with Gasteiger partial charge in [0.25, 0.3) is 0 Å². The molecule has 0 saturated carbocycles. The van der Waals surface area contributed by atoms with E-state index in [1.54, 1.807) is 24.3 Å². The van der Waals surface area contributed by atoms with Gasteiger partial charge in [0.2, 0.25) is 5.91 Å². The van der Waals surface area contributed by atoms with Gasteiger partial charge in [-0.25, -0.2) is 0 Å². The van der Waals surface area contributed by atoms with Crippen molar-refractivity contribution < 1.29 is 9.53 Å². The average Bonchev–Trinajstić information content (AvgIpc) is 2.59. The topological polar surface area (TPSA) is 38.3 Å². The van der Waals surface area contributed by atoms with Crippen molar-refractivity contribution in [1.29, 1.82) is 0 Å². The molecule has 1 N–H and O–H groups in total. The number of hydrogen-bond donors (Lipinski definition) is 1. The van der Waals surface area contributed by atoms with Gasteiger partial charge in [-0.3, -0.25) is 4.79 Å². The Balaban J connectivity index is 1.75. The first kappa shape index (κ1) is 19.0. The number of hydrogen-bond acceptors (Lipinski definition) is 3. The summed E-state index contributed by atoms with van der Waals surface area (Å²) in [6.07, 6.45) is 0.747. The lowest BCUT2D eigenvalue weighted by atomic mass is 10.3. The molecule has 3 nitrogen and oxygen atoms in total. The van der Waals surface area contributed by atoms with Crippen LogP contribution in [0.25, 0.3) is 0 Å². The Morgan fingerprint density at radius 2 is 1.67 bits per heavy atom. The molecule has 0 heterocycles. The van der Waals surface area contributed by atoms with Crippen LogP contribution in [-0.2, 0) is 4.79 Å². The van der Waals surface area contributed by atoms with Gasteiger partial charge in [0.1, 0.15) is 12.4 Å². The van der Waals surface area contributed by atoms with Crippen molar-refractivity contribution in [3.8, 4) is 5.75 Å². The van der Waals surface area contributed by atoms with Gasteiger partial charge in [0.15, 0.2) is 0 Å². The van der Waals surface area contributed by atoms with Gasteiger partial charge in [0, 0.05) is 14.9 Å². The molecule has 0 aliphatic heterocycles. The van der Waals surface area contributed by atoms with Crippen LogP contribution in [0.15, 0.2) is 53.4 Å². The third-order valence-corrected chi connectivity index (χ3v) is 5.12. The Hall–Kier alpha value is -1.36. The summed E-state index contributed by atoms with van der Waals surface area (Å²) in [6, 6.07) is 14.6. The summed E-state index contributed by atoms with van der Waals surface area (Å²) in [5, 5.41) is 4.13. The number of thioether (sulfide) groups is 1. The maximum absolute atomic E-state index is 12.3. The summed E-state index contributed by atoms with van der Waals surface area (Å²) in [5.74, 6) is 0.744. The summed E-state index contributed by atoms with van der Waals surface area (Å²) >= 11 is 13.2. The molecule has 0 spiro atoms. The number of carbonyl (C=O) groups excluding carboxylic acids is 1. The Labute approximate surface area is 156 Å². The van der Waals surface area contributed by atoms with E-state index in [-0.39, 0.29) is 11.2 Å². The van der Waals surface area contributed by atoms with Gasteiger partial charge in [-0.2, -0.15) is 0 Å². The van der Waals surface area contributed by atoms with Crippen molar-refractivity contribution in [3.63, 3.8) is 0 Å². The second-order valence-corrected chi connectivity index (χ2v) is 7.21. The number of ether oxygens (including phenoxy) is 1. The van der Waals surface area contributed by atoms with Gasteiger partial charge in [0.05, 0.1) is 11.8 Å². The summed E-state index contributed by atoms with van der Waals surface area (Å²) in [4.78, 5) is 13.3. The molecule has 0 bridgehead atoms. The predicted molar refractivity (Wildman–Crippen MR) is 101 cm³/mol. The zero-order valence-corrected chi connectivity index (χ0v) is 15.6. The monoisotopic (exact) mass is 383 g/mol. The van der Waals surface area contributed by atoms with E-state index >= 15 is 0 Å². The maximum Gasteiger partial charge on any atom is 0.233 e. The minimum Gasteiger partial charge on any atom is -0.492 e. The molecule has 0 fully saturated rings. The first-order valence-corrected chi connectivity index (χ1v) is 9.30. The average molecular weight is 384 g/mol. The van der Waals surface area contributed by atoms with Crippen LogP contribution in [0.4, 0.5) is 0 Å². The molecule has 0 aromatic heterocycles. The number of halogens is 2. The van der Waals surface area contributed by atoms with Gasteiger partial charge >= 0.3 is 0 Å². The Bertz CT molecular complexity index is 647. The molecule has 0 radical (unpaired) electrons. The van der Waals surface area contributed by atoms with Crippen molar-refractivity contribution in [3.05, 3.63) is 58.6 Å². The fraction of sp³-hybridized carbons (Fsp3) is 0.278. The first-order valence-electron chi connectivity index (χ1n) is 7.67. The highest BCUT2D eigenvalue weighted by molar-refractivity contribution is 8.00. The molecule has 2 aromatic rings. The number of benzene rings is 2. The quantitative estimate of drug-likeness (QED) is 0.511. The molecule has 24 heavy (non-hydrogen) atoms.